The lowest BCUT2D eigenvalue weighted by molar-refractivity contribution is 0.0211. The molecule has 1 aliphatic rings. The number of hydrogen-bond donors (Lipinski definition) is 1. The fourth-order valence-corrected chi connectivity index (χ4v) is 3.68. The second kappa shape index (κ2) is 5.55. The van der Waals surface area contributed by atoms with Crippen LogP contribution >= 0.6 is 11.3 Å². The summed E-state index contributed by atoms with van der Waals surface area (Å²) in [5, 5.41) is 5.96. The minimum Gasteiger partial charge on any atom is -0.309 e. The van der Waals surface area contributed by atoms with Crippen LogP contribution in [0.1, 0.15) is 45.9 Å². The minimum absolute atomic E-state index is 0.263. The van der Waals surface area contributed by atoms with Gasteiger partial charge in [0, 0.05) is 36.1 Å². The minimum atomic E-state index is 0.263. The zero-order valence-corrected chi connectivity index (χ0v) is 13.8. The highest BCUT2D eigenvalue weighted by molar-refractivity contribution is 7.09. The Balaban J connectivity index is 2.16. The van der Waals surface area contributed by atoms with Crippen LogP contribution in [-0.4, -0.2) is 29.6 Å². The van der Waals surface area contributed by atoms with Crippen molar-refractivity contribution in [1.82, 2.24) is 10.2 Å². The lowest BCUT2D eigenvalue weighted by Crippen LogP contribution is -2.65. The van der Waals surface area contributed by atoms with Gasteiger partial charge in [-0.15, -0.1) is 11.3 Å². The van der Waals surface area contributed by atoms with Crippen LogP contribution in [0, 0.1) is 5.41 Å². The first-order valence-electron chi connectivity index (χ1n) is 7.35. The molecule has 0 radical (unpaired) electrons. The summed E-state index contributed by atoms with van der Waals surface area (Å²) in [6.07, 6.45) is 1.19. The van der Waals surface area contributed by atoms with E-state index in [1.807, 2.05) is 11.3 Å². The second-order valence-corrected chi connectivity index (χ2v) is 8.19. The summed E-state index contributed by atoms with van der Waals surface area (Å²) in [5.41, 5.74) is 0.582. The van der Waals surface area contributed by atoms with Crippen molar-refractivity contribution in [2.45, 2.75) is 59.2 Å². The van der Waals surface area contributed by atoms with Gasteiger partial charge in [-0.2, -0.15) is 0 Å². The van der Waals surface area contributed by atoms with Crippen molar-refractivity contribution < 1.29 is 0 Å². The average molecular weight is 280 g/mol. The second-order valence-electron chi connectivity index (χ2n) is 7.16. The molecule has 2 rings (SSSR count). The first kappa shape index (κ1) is 15.0. The van der Waals surface area contributed by atoms with Gasteiger partial charge >= 0.3 is 0 Å². The van der Waals surface area contributed by atoms with Gasteiger partial charge in [-0.1, -0.05) is 33.8 Å². The van der Waals surface area contributed by atoms with E-state index in [1.54, 1.807) is 0 Å². The third kappa shape index (κ3) is 3.59. The predicted octanol–water partition coefficient (Wildman–Crippen LogP) is 3.74. The van der Waals surface area contributed by atoms with E-state index in [0.717, 1.165) is 19.6 Å². The zero-order valence-electron chi connectivity index (χ0n) is 13.0. The van der Waals surface area contributed by atoms with Gasteiger partial charge in [0.15, 0.2) is 0 Å². The van der Waals surface area contributed by atoms with Crippen LogP contribution in [0.4, 0.5) is 0 Å². The monoisotopic (exact) mass is 280 g/mol. The van der Waals surface area contributed by atoms with E-state index in [1.165, 1.54) is 11.3 Å². The Morgan fingerprint density at radius 3 is 2.74 bits per heavy atom. The molecule has 0 aliphatic carbocycles. The van der Waals surface area contributed by atoms with E-state index in [2.05, 4.69) is 62.3 Å². The standard InChI is InChI=1S/C16H28N2S/c1-6-16(5)12-18(11-13-8-7-9-19-13)14(10-17-16)15(2,3)4/h7-9,14,17H,6,10-12H2,1-5H3. The molecule has 1 fully saturated rings. The molecule has 1 aromatic rings. The lowest BCUT2D eigenvalue weighted by Gasteiger charge is -2.50. The van der Waals surface area contributed by atoms with Crippen molar-refractivity contribution in [2.75, 3.05) is 13.1 Å². The van der Waals surface area contributed by atoms with Crippen LogP contribution in [0.25, 0.3) is 0 Å². The molecule has 0 amide bonds. The Morgan fingerprint density at radius 2 is 2.21 bits per heavy atom. The molecule has 2 unspecified atom stereocenters. The smallest absolute Gasteiger partial charge is 0.0332 e. The van der Waals surface area contributed by atoms with Gasteiger partial charge in [0.1, 0.15) is 0 Å². The van der Waals surface area contributed by atoms with E-state index < -0.39 is 0 Å². The molecule has 1 N–H and O–H groups in total. The Bertz CT molecular complexity index is 393. The van der Waals surface area contributed by atoms with Gasteiger partial charge in [0.25, 0.3) is 0 Å². The summed E-state index contributed by atoms with van der Waals surface area (Å²) in [6, 6.07) is 5.03. The molecule has 3 heteroatoms. The van der Waals surface area contributed by atoms with Crippen LogP contribution in [0.5, 0.6) is 0 Å². The van der Waals surface area contributed by atoms with E-state index in [9.17, 15) is 0 Å². The van der Waals surface area contributed by atoms with Crippen molar-refractivity contribution in [1.29, 1.82) is 0 Å². The van der Waals surface area contributed by atoms with Crippen molar-refractivity contribution in [2.24, 2.45) is 5.41 Å². The molecule has 108 valence electrons. The molecule has 1 saturated heterocycles. The van der Waals surface area contributed by atoms with Crippen LogP contribution < -0.4 is 5.32 Å². The Hall–Kier alpha value is -0.380. The molecule has 1 aliphatic heterocycles. The highest BCUT2D eigenvalue weighted by atomic mass is 32.1. The predicted molar refractivity (Wildman–Crippen MR) is 84.7 cm³/mol. The topological polar surface area (TPSA) is 15.3 Å². The SMILES string of the molecule is CCC1(C)CN(Cc2cccs2)C(C(C)(C)C)CN1. The van der Waals surface area contributed by atoms with Gasteiger partial charge in [0.2, 0.25) is 0 Å². The Morgan fingerprint density at radius 1 is 1.47 bits per heavy atom. The summed E-state index contributed by atoms with van der Waals surface area (Å²) >= 11 is 1.87. The number of nitrogens with zero attached hydrogens (tertiary/aromatic N) is 1. The highest BCUT2D eigenvalue weighted by Crippen LogP contribution is 2.31. The molecule has 2 atom stereocenters. The van der Waals surface area contributed by atoms with E-state index >= 15 is 0 Å². The molecule has 0 bridgehead atoms. The number of nitrogens with one attached hydrogen (secondary N) is 1. The summed E-state index contributed by atoms with van der Waals surface area (Å²) < 4.78 is 0. The number of rotatable bonds is 3. The number of piperazine rings is 1. The maximum atomic E-state index is 3.77. The van der Waals surface area contributed by atoms with E-state index in [0.29, 0.717) is 11.5 Å². The Labute approximate surface area is 122 Å². The summed E-state index contributed by atoms with van der Waals surface area (Å²) in [4.78, 5) is 4.17. The molecule has 0 saturated carbocycles. The fraction of sp³-hybridized carbons (Fsp3) is 0.750. The van der Waals surface area contributed by atoms with E-state index in [-0.39, 0.29) is 5.54 Å². The van der Waals surface area contributed by atoms with Crippen molar-refractivity contribution >= 4 is 11.3 Å². The van der Waals surface area contributed by atoms with E-state index in [4.69, 9.17) is 0 Å². The molecule has 1 aromatic heterocycles. The molecule has 2 nitrogen and oxygen atoms in total. The zero-order chi connectivity index (χ0) is 14.1. The first-order chi connectivity index (χ1) is 8.84. The molecular weight excluding hydrogens is 252 g/mol. The highest BCUT2D eigenvalue weighted by Gasteiger charge is 2.39. The summed E-state index contributed by atoms with van der Waals surface area (Å²) in [6.45, 7) is 15.0. The molecule has 0 spiro atoms. The first-order valence-corrected chi connectivity index (χ1v) is 8.23. The van der Waals surface area contributed by atoms with Crippen molar-refractivity contribution in [3.05, 3.63) is 22.4 Å². The van der Waals surface area contributed by atoms with Crippen LogP contribution in [0.3, 0.4) is 0 Å². The number of hydrogen-bond acceptors (Lipinski definition) is 3. The van der Waals surface area contributed by atoms with Crippen molar-refractivity contribution in [3.8, 4) is 0 Å². The fourth-order valence-electron chi connectivity index (χ4n) is 2.95. The van der Waals surface area contributed by atoms with Crippen LogP contribution in [0.15, 0.2) is 17.5 Å². The third-order valence-corrected chi connectivity index (χ3v) is 5.30. The number of thiophene rings is 1. The van der Waals surface area contributed by atoms with Crippen LogP contribution in [-0.2, 0) is 6.54 Å². The van der Waals surface area contributed by atoms with Gasteiger partial charge in [-0.25, -0.2) is 0 Å². The van der Waals surface area contributed by atoms with Gasteiger partial charge in [0.05, 0.1) is 0 Å². The van der Waals surface area contributed by atoms with Gasteiger partial charge in [-0.05, 0) is 30.2 Å². The lowest BCUT2D eigenvalue weighted by atomic mass is 9.81. The molecular formula is C16H28N2S. The average Bonchev–Trinajstić information content (AvgIpc) is 2.80. The Kier molecular flexibility index (Phi) is 4.38. The molecule has 2 heterocycles. The summed E-state index contributed by atoms with van der Waals surface area (Å²) in [5.74, 6) is 0. The van der Waals surface area contributed by atoms with Gasteiger partial charge in [-0.3, -0.25) is 4.90 Å². The maximum Gasteiger partial charge on any atom is 0.0332 e. The maximum absolute atomic E-state index is 3.77. The third-order valence-electron chi connectivity index (χ3n) is 4.43. The molecule has 0 aromatic carbocycles. The largest absolute Gasteiger partial charge is 0.309 e. The molecule has 19 heavy (non-hydrogen) atoms. The van der Waals surface area contributed by atoms with Crippen LogP contribution in [0.2, 0.25) is 0 Å². The quantitative estimate of drug-likeness (QED) is 0.907. The van der Waals surface area contributed by atoms with Gasteiger partial charge < -0.3 is 5.32 Å². The van der Waals surface area contributed by atoms with Crippen molar-refractivity contribution in [3.63, 3.8) is 0 Å². The normalized spacial score (nSPS) is 29.6. The summed E-state index contributed by atoms with van der Waals surface area (Å²) in [7, 11) is 0.